The van der Waals surface area contributed by atoms with Crippen molar-refractivity contribution in [3.63, 3.8) is 0 Å². The second-order valence-electron chi connectivity index (χ2n) is 5.69. The van der Waals surface area contributed by atoms with Crippen molar-refractivity contribution >= 4 is 34.1 Å². The minimum Gasteiger partial charge on any atom is -0.361 e. The van der Waals surface area contributed by atoms with Crippen LogP contribution in [0.25, 0.3) is 10.9 Å². The molecule has 0 bridgehead atoms. The summed E-state index contributed by atoms with van der Waals surface area (Å²) < 4.78 is 1.93. The molecule has 2 rings (SSSR count). The summed E-state index contributed by atoms with van der Waals surface area (Å²) in [5, 5.41) is 4.41. The number of nitrogens with zero attached hydrogens (tertiary/aromatic N) is 1. The second-order valence-corrected chi connectivity index (χ2v) is 6.10. The molecule has 118 valence electrons. The molecule has 0 fully saturated rings. The number of amides is 1. The summed E-state index contributed by atoms with van der Waals surface area (Å²) >= 11 is 5.13. The third-order valence-corrected chi connectivity index (χ3v) is 3.68. The third-order valence-electron chi connectivity index (χ3n) is 3.44. The molecule has 22 heavy (non-hydrogen) atoms. The maximum atomic E-state index is 12.3. The van der Waals surface area contributed by atoms with Crippen molar-refractivity contribution in [2.75, 3.05) is 6.54 Å². The molecule has 3 N–H and O–H groups in total. The summed E-state index contributed by atoms with van der Waals surface area (Å²) in [4.78, 5) is 12.3. The van der Waals surface area contributed by atoms with E-state index in [0.29, 0.717) is 16.6 Å². The largest absolute Gasteiger partial charge is 0.361 e. The lowest BCUT2D eigenvalue weighted by Gasteiger charge is -2.12. The predicted octanol–water partition coefficient (Wildman–Crippen LogP) is 2.33. The van der Waals surface area contributed by atoms with Gasteiger partial charge in [-0.2, -0.15) is 0 Å². The molecule has 2 aromatic rings. The minimum absolute atomic E-state index is 0.204. The van der Waals surface area contributed by atoms with Gasteiger partial charge in [-0.3, -0.25) is 15.6 Å². The van der Waals surface area contributed by atoms with Crippen LogP contribution in [0.1, 0.15) is 30.6 Å². The Morgan fingerprint density at radius 1 is 1.27 bits per heavy atom. The summed E-state index contributed by atoms with van der Waals surface area (Å²) in [6, 6.07) is 7.79. The first-order valence-corrected chi connectivity index (χ1v) is 7.78. The van der Waals surface area contributed by atoms with Gasteiger partial charge in [-0.15, -0.1) is 0 Å². The van der Waals surface area contributed by atoms with Gasteiger partial charge in [0.25, 0.3) is 5.91 Å². The van der Waals surface area contributed by atoms with Gasteiger partial charge in [-0.05, 0) is 30.6 Å². The third kappa shape index (κ3) is 3.98. The number of para-hydroxylation sites is 1. The van der Waals surface area contributed by atoms with Crippen molar-refractivity contribution in [2.24, 2.45) is 13.0 Å². The fraction of sp³-hybridized carbons (Fsp3) is 0.375. The Bertz CT molecular complexity index is 678. The highest BCUT2D eigenvalue weighted by atomic mass is 32.1. The van der Waals surface area contributed by atoms with E-state index in [-0.39, 0.29) is 5.91 Å². The molecule has 0 aliphatic carbocycles. The highest BCUT2D eigenvalue weighted by Crippen LogP contribution is 2.19. The van der Waals surface area contributed by atoms with Gasteiger partial charge in [-0.25, -0.2) is 0 Å². The van der Waals surface area contributed by atoms with Gasteiger partial charge < -0.3 is 9.88 Å². The number of hydrogen-bond acceptors (Lipinski definition) is 2. The SMILES string of the molecule is CC(C)CCNC(=S)NNC(=O)c1cn(C)c2ccccc12. The van der Waals surface area contributed by atoms with E-state index in [4.69, 9.17) is 12.2 Å². The number of hydrazine groups is 1. The van der Waals surface area contributed by atoms with Gasteiger partial charge in [0.05, 0.1) is 5.56 Å². The molecule has 1 amide bonds. The van der Waals surface area contributed by atoms with Crippen LogP contribution >= 0.6 is 12.2 Å². The van der Waals surface area contributed by atoms with E-state index >= 15 is 0 Å². The summed E-state index contributed by atoms with van der Waals surface area (Å²) in [6.07, 6.45) is 2.84. The zero-order valence-corrected chi connectivity index (χ0v) is 14.0. The molecule has 0 radical (unpaired) electrons. The Kier molecular flexibility index (Phi) is 5.38. The Labute approximate surface area is 136 Å². The van der Waals surface area contributed by atoms with E-state index in [2.05, 4.69) is 30.0 Å². The fourth-order valence-corrected chi connectivity index (χ4v) is 2.38. The van der Waals surface area contributed by atoms with Crippen LogP contribution in [0.3, 0.4) is 0 Å². The number of aromatic nitrogens is 1. The topological polar surface area (TPSA) is 58.1 Å². The van der Waals surface area contributed by atoms with Crippen LogP contribution < -0.4 is 16.2 Å². The maximum Gasteiger partial charge on any atom is 0.271 e. The number of thiocarbonyl (C=S) groups is 1. The zero-order valence-electron chi connectivity index (χ0n) is 13.1. The molecule has 1 aromatic heterocycles. The van der Waals surface area contributed by atoms with Crippen molar-refractivity contribution in [3.8, 4) is 0 Å². The number of rotatable bonds is 4. The van der Waals surface area contributed by atoms with Crippen LogP contribution in [-0.4, -0.2) is 22.1 Å². The molecule has 0 aliphatic heterocycles. The van der Waals surface area contributed by atoms with E-state index < -0.39 is 0 Å². The summed E-state index contributed by atoms with van der Waals surface area (Å²) in [5.74, 6) is 0.408. The van der Waals surface area contributed by atoms with Crippen LogP contribution in [0.2, 0.25) is 0 Å². The van der Waals surface area contributed by atoms with Crippen LogP contribution in [0.5, 0.6) is 0 Å². The number of aryl methyl sites for hydroxylation is 1. The van der Waals surface area contributed by atoms with E-state index in [0.717, 1.165) is 23.9 Å². The highest BCUT2D eigenvalue weighted by molar-refractivity contribution is 7.80. The van der Waals surface area contributed by atoms with Crippen molar-refractivity contribution in [3.05, 3.63) is 36.0 Å². The van der Waals surface area contributed by atoms with E-state index in [1.807, 2.05) is 42.1 Å². The van der Waals surface area contributed by atoms with Crippen molar-refractivity contribution in [1.82, 2.24) is 20.7 Å². The van der Waals surface area contributed by atoms with Crippen LogP contribution in [0.4, 0.5) is 0 Å². The van der Waals surface area contributed by atoms with Gasteiger partial charge >= 0.3 is 0 Å². The van der Waals surface area contributed by atoms with E-state index in [1.54, 1.807) is 0 Å². The van der Waals surface area contributed by atoms with Crippen LogP contribution in [0, 0.1) is 5.92 Å². The number of benzene rings is 1. The quantitative estimate of drug-likeness (QED) is 0.598. The Morgan fingerprint density at radius 2 is 2.00 bits per heavy atom. The minimum atomic E-state index is -0.204. The molecule has 6 heteroatoms. The van der Waals surface area contributed by atoms with Crippen LogP contribution in [-0.2, 0) is 7.05 Å². The average Bonchev–Trinajstić information content (AvgIpc) is 2.82. The van der Waals surface area contributed by atoms with Crippen molar-refractivity contribution < 1.29 is 4.79 Å². The summed E-state index contributed by atoms with van der Waals surface area (Å²) in [6.45, 7) is 5.09. The van der Waals surface area contributed by atoms with Gasteiger partial charge in [0, 0.05) is 30.7 Å². The Morgan fingerprint density at radius 3 is 2.73 bits per heavy atom. The lowest BCUT2D eigenvalue weighted by molar-refractivity contribution is 0.0945. The van der Waals surface area contributed by atoms with Crippen LogP contribution in [0.15, 0.2) is 30.5 Å². The van der Waals surface area contributed by atoms with Gasteiger partial charge in [-0.1, -0.05) is 32.0 Å². The first-order chi connectivity index (χ1) is 10.5. The number of nitrogens with one attached hydrogen (secondary N) is 3. The van der Waals surface area contributed by atoms with Crippen molar-refractivity contribution in [1.29, 1.82) is 0 Å². The molecule has 1 heterocycles. The molecule has 0 saturated carbocycles. The Balaban J connectivity index is 1.93. The van der Waals surface area contributed by atoms with Gasteiger partial charge in [0.2, 0.25) is 0 Å². The molecular weight excluding hydrogens is 296 g/mol. The molecule has 0 spiro atoms. The fourth-order valence-electron chi connectivity index (χ4n) is 2.22. The lowest BCUT2D eigenvalue weighted by Crippen LogP contribution is -2.47. The summed E-state index contributed by atoms with van der Waals surface area (Å²) in [5.41, 5.74) is 7.02. The first-order valence-electron chi connectivity index (χ1n) is 7.37. The molecule has 0 unspecified atom stereocenters. The van der Waals surface area contributed by atoms with Gasteiger partial charge in [0.15, 0.2) is 5.11 Å². The number of carbonyl (C=O) groups excluding carboxylic acids is 1. The standard InChI is InChI=1S/C16H22N4OS/c1-11(2)8-9-17-16(22)19-18-15(21)13-10-20(3)14-7-5-4-6-12(13)14/h4-7,10-11H,8-9H2,1-3H3,(H,18,21)(H2,17,19,22). The second kappa shape index (κ2) is 7.26. The highest BCUT2D eigenvalue weighted by Gasteiger charge is 2.13. The molecule has 0 atom stereocenters. The van der Waals surface area contributed by atoms with E-state index in [9.17, 15) is 4.79 Å². The average molecular weight is 318 g/mol. The smallest absolute Gasteiger partial charge is 0.271 e. The number of fused-ring (bicyclic) bond motifs is 1. The Hall–Kier alpha value is -2.08. The zero-order chi connectivity index (χ0) is 16.1. The first kappa shape index (κ1) is 16.3. The molecule has 5 nitrogen and oxygen atoms in total. The lowest BCUT2D eigenvalue weighted by atomic mass is 10.1. The number of hydrogen-bond donors (Lipinski definition) is 3. The molecule has 0 saturated heterocycles. The van der Waals surface area contributed by atoms with Gasteiger partial charge in [0.1, 0.15) is 0 Å². The van der Waals surface area contributed by atoms with E-state index in [1.165, 1.54) is 0 Å². The van der Waals surface area contributed by atoms with Crippen molar-refractivity contribution in [2.45, 2.75) is 20.3 Å². The number of carbonyl (C=O) groups is 1. The summed E-state index contributed by atoms with van der Waals surface area (Å²) in [7, 11) is 1.92. The molecule has 0 aliphatic rings. The predicted molar refractivity (Wildman–Crippen MR) is 93.6 cm³/mol. The monoisotopic (exact) mass is 318 g/mol. The normalized spacial score (nSPS) is 10.7. The molecular formula is C16H22N4OS. The molecule has 1 aromatic carbocycles. The maximum absolute atomic E-state index is 12.3.